The monoisotopic (exact) mass is 320 g/mol. The fraction of sp³-hybridized carbons (Fsp3) is 0.222. The second kappa shape index (κ2) is 5.26. The molecule has 6 heteroatoms. The molecule has 0 radical (unpaired) electrons. The van der Waals surface area contributed by atoms with Gasteiger partial charge >= 0.3 is 6.09 Å². The summed E-state index contributed by atoms with van der Waals surface area (Å²) in [6.07, 6.45) is 3.03. The largest absolute Gasteiger partial charge is 0.442 e. The topological polar surface area (TPSA) is 75.9 Å². The number of carbonyl (C=O) groups is 1. The number of aliphatic imine (C=N–C) groups is 1. The van der Waals surface area contributed by atoms with Crippen molar-refractivity contribution in [2.24, 2.45) is 10.1 Å². The first-order chi connectivity index (χ1) is 11.6. The first-order valence-electron chi connectivity index (χ1n) is 7.69. The Labute approximate surface area is 139 Å². The Morgan fingerprint density at radius 1 is 1.12 bits per heavy atom. The number of pyridine rings is 1. The Balaban J connectivity index is 1.74. The zero-order valence-electron chi connectivity index (χ0n) is 13.4. The summed E-state index contributed by atoms with van der Waals surface area (Å²) in [4.78, 5) is 20.0. The quantitative estimate of drug-likeness (QED) is 0.924. The Morgan fingerprint density at radius 2 is 1.92 bits per heavy atom. The number of fused-ring (bicyclic) bond motifs is 1. The van der Waals surface area contributed by atoms with Crippen LogP contribution in [0.15, 0.2) is 52.8 Å². The molecule has 1 amide bonds. The van der Waals surface area contributed by atoms with Crippen LogP contribution in [0.4, 0.5) is 10.5 Å². The summed E-state index contributed by atoms with van der Waals surface area (Å²) in [6.45, 7) is 4.48. The molecule has 0 atom stereocenters. The molecule has 0 spiro atoms. The van der Waals surface area contributed by atoms with Gasteiger partial charge < -0.3 is 4.74 Å². The van der Waals surface area contributed by atoms with E-state index < -0.39 is 6.09 Å². The molecule has 6 nitrogen and oxygen atoms in total. The fourth-order valence-electron chi connectivity index (χ4n) is 3.10. The summed E-state index contributed by atoms with van der Waals surface area (Å²) < 4.78 is 4.99. The lowest BCUT2D eigenvalue weighted by Gasteiger charge is -2.23. The molecule has 1 aromatic heterocycles. The van der Waals surface area contributed by atoms with Gasteiger partial charge in [-0.05, 0) is 35.4 Å². The number of carbonyl (C=O) groups excluding carboxylic acids is 1. The second-order valence-electron chi connectivity index (χ2n) is 6.30. The van der Waals surface area contributed by atoms with Gasteiger partial charge in [0.05, 0.1) is 11.4 Å². The zero-order valence-corrected chi connectivity index (χ0v) is 13.4. The molecule has 3 heterocycles. The molecule has 0 aliphatic carbocycles. The van der Waals surface area contributed by atoms with Gasteiger partial charge in [0, 0.05) is 23.4 Å². The molecule has 1 N–H and O–H groups in total. The summed E-state index contributed by atoms with van der Waals surface area (Å²) in [6, 6.07) is 9.96. The highest BCUT2D eigenvalue weighted by atomic mass is 16.6. The van der Waals surface area contributed by atoms with Crippen molar-refractivity contribution in [3.05, 3.63) is 59.4 Å². The van der Waals surface area contributed by atoms with E-state index in [1.165, 1.54) is 0 Å². The van der Waals surface area contributed by atoms with Gasteiger partial charge in [0.25, 0.3) is 0 Å². The Bertz CT molecular complexity index is 885. The van der Waals surface area contributed by atoms with Crippen molar-refractivity contribution in [2.75, 3.05) is 6.61 Å². The Morgan fingerprint density at radius 3 is 2.62 bits per heavy atom. The van der Waals surface area contributed by atoms with Gasteiger partial charge in [-0.2, -0.15) is 5.10 Å². The maximum atomic E-state index is 11.1. The minimum absolute atomic E-state index is 0.170. The highest BCUT2D eigenvalue weighted by molar-refractivity contribution is 6.13. The molecule has 0 saturated carbocycles. The van der Waals surface area contributed by atoms with Crippen LogP contribution in [0.25, 0.3) is 0 Å². The van der Waals surface area contributed by atoms with E-state index >= 15 is 0 Å². The normalized spacial score (nSPS) is 18.2. The van der Waals surface area contributed by atoms with E-state index in [1.807, 2.05) is 24.3 Å². The predicted octanol–water partition coefficient (Wildman–Crippen LogP) is 2.94. The molecule has 0 saturated heterocycles. The number of hydrogen-bond donors (Lipinski definition) is 1. The summed E-state index contributed by atoms with van der Waals surface area (Å²) >= 11 is 0. The third kappa shape index (κ3) is 2.27. The molecule has 0 unspecified atom stereocenters. The van der Waals surface area contributed by atoms with Crippen LogP contribution in [0.1, 0.15) is 30.5 Å². The summed E-state index contributed by atoms with van der Waals surface area (Å²) in [5.41, 5.74) is 7.91. The van der Waals surface area contributed by atoms with Crippen molar-refractivity contribution in [2.45, 2.75) is 19.3 Å². The standard InChI is InChI=1S/C18H16N4O2/c1-18(2)13-9-12(15-10-24-17(23)22-21-15)3-4-14(13)20-16(18)11-5-7-19-8-6-11/h3-9H,10H2,1-2H3,(H,22,23). The predicted molar refractivity (Wildman–Crippen MR) is 90.9 cm³/mol. The van der Waals surface area contributed by atoms with E-state index in [-0.39, 0.29) is 12.0 Å². The molecule has 24 heavy (non-hydrogen) atoms. The zero-order chi connectivity index (χ0) is 16.7. The van der Waals surface area contributed by atoms with Crippen LogP contribution < -0.4 is 5.43 Å². The number of rotatable bonds is 2. The number of amides is 1. The lowest BCUT2D eigenvalue weighted by molar-refractivity contribution is 0.157. The van der Waals surface area contributed by atoms with E-state index in [0.29, 0.717) is 5.71 Å². The van der Waals surface area contributed by atoms with Gasteiger partial charge in [0.2, 0.25) is 0 Å². The van der Waals surface area contributed by atoms with Gasteiger partial charge in [0.1, 0.15) is 12.3 Å². The molecule has 1 aromatic carbocycles. The second-order valence-corrected chi connectivity index (χ2v) is 6.30. The summed E-state index contributed by atoms with van der Waals surface area (Å²) in [7, 11) is 0. The van der Waals surface area contributed by atoms with Crippen LogP contribution in [0.5, 0.6) is 0 Å². The van der Waals surface area contributed by atoms with E-state index in [9.17, 15) is 4.79 Å². The van der Waals surface area contributed by atoms with Crippen LogP contribution in [-0.4, -0.2) is 29.1 Å². The van der Waals surface area contributed by atoms with Crippen molar-refractivity contribution < 1.29 is 9.53 Å². The molecule has 0 bridgehead atoms. The first-order valence-corrected chi connectivity index (χ1v) is 7.69. The highest BCUT2D eigenvalue weighted by Gasteiger charge is 2.36. The van der Waals surface area contributed by atoms with E-state index in [4.69, 9.17) is 9.73 Å². The van der Waals surface area contributed by atoms with Crippen LogP contribution in [0.3, 0.4) is 0 Å². The van der Waals surface area contributed by atoms with Crippen LogP contribution in [-0.2, 0) is 10.2 Å². The molecule has 4 rings (SSSR count). The van der Waals surface area contributed by atoms with E-state index in [0.717, 1.165) is 28.1 Å². The smallest absolute Gasteiger partial charge is 0.428 e. The number of cyclic esters (lactones) is 1. The lowest BCUT2D eigenvalue weighted by Crippen LogP contribution is -2.31. The van der Waals surface area contributed by atoms with Crippen molar-refractivity contribution in [1.29, 1.82) is 0 Å². The molecule has 0 fully saturated rings. The third-order valence-electron chi connectivity index (χ3n) is 4.40. The molecule has 2 aliphatic heterocycles. The Hall–Kier alpha value is -3.02. The third-order valence-corrected chi connectivity index (χ3v) is 4.40. The number of ether oxygens (including phenoxy) is 1. The number of benzene rings is 1. The first kappa shape index (κ1) is 14.6. The number of hydrazone groups is 1. The van der Waals surface area contributed by atoms with E-state index in [2.05, 4.69) is 35.4 Å². The highest BCUT2D eigenvalue weighted by Crippen LogP contribution is 2.42. The average molecular weight is 320 g/mol. The summed E-state index contributed by atoms with van der Waals surface area (Å²) in [5.74, 6) is 0. The van der Waals surface area contributed by atoms with Crippen molar-refractivity contribution in [3.8, 4) is 0 Å². The van der Waals surface area contributed by atoms with Crippen molar-refractivity contribution in [3.63, 3.8) is 0 Å². The number of nitrogens with zero attached hydrogens (tertiary/aromatic N) is 3. The van der Waals surface area contributed by atoms with Gasteiger partial charge in [0.15, 0.2) is 0 Å². The number of nitrogens with one attached hydrogen (secondary N) is 1. The lowest BCUT2D eigenvalue weighted by atomic mass is 9.78. The van der Waals surface area contributed by atoms with E-state index in [1.54, 1.807) is 12.4 Å². The number of hydrogen-bond acceptors (Lipinski definition) is 5. The van der Waals surface area contributed by atoms with Crippen LogP contribution >= 0.6 is 0 Å². The molecular formula is C18H16N4O2. The molecule has 2 aliphatic rings. The molecule has 2 aromatic rings. The van der Waals surface area contributed by atoms with Crippen LogP contribution in [0.2, 0.25) is 0 Å². The minimum Gasteiger partial charge on any atom is -0.442 e. The molecular weight excluding hydrogens is 304 g/mol. The maximum Gasteiger partial charge on any atom is 0.428 e. The van der Waals surface area contributed by atoms with Crippen molar-refractivity contribution >= 4 is 23.2 Å². The van der Waals surface area contributed by atoms with Gasteiger partial charge in [-0.25, -0.2) is 10.2 Å². The Kier molecular flexibility index (Phi) is 3.19. The van der Waals surface area contributed by atoms with Gasteiger partial charge in [-0.3, -0.25) is 9.98 Å². The molecule has 120 valence electrons. The summed E-state index contributed by atoms with van der Waals surface area (Å²) in [5, 5.41) is 4.08. The average Bonchev–Trinajstić information content (AvgIpc) is 2.87. The van der Waals surface area contributed by atoms with Crippen molar-refractivity contribution in [1.82, 2.24) is 10.4 Å². The fourth-order valence-corrected chi connectivity index (χ4v) is 3.10. The van der Waals surface area contributed by atoms with Crippen LogP contribution in [0, 0.1) is 0 Å². The van der Waals surface area contributed by atoms with Gasteiger partial charge in [-0.15, -0.1) is 0 Å². The minimum atomic E-state index is -0.524. The SMILES string of the molecule is CC1(C)C(c2ccncc2)=Nc2ccc(C3=NNC(=O)OC3)cc21. The van der Waals surface area contributed by atoms with Gasteiger partial charge in [-0.1, -0.05) is 19.9 Å². The number of aromatic nitrogens is 1. The maximum absolute atomic E-state index is 11.1.